The van der Waals surface area contributed by atoms with Gasteiger partial charge >= 0.3 is 0 Å². The Morgan fingerprint density at radius 1 is 1.03 bits per heavy atom. The highest BCUT2D eigenvalue weighted by Gasteiger charge is 2.33. The van der Waals surface area contributed by atoms with E-state index in [1.54, 1.807) is 6.07 Å². The molecule has 0 spiro atoms. The highest BCUT2D eigenvalue weighted by molar-refractivity contribution is 6.36. The van der Waals surface area contributed by atoms with E-state index < -0.39 is 0 Å². The highest BCUT2D eigenvalue weighted by Crippen LogP contribution is 2.42. The molecular weight excluding hydrogens is 425 g/mol. The second kappa shape index (κ2) is 9.61. The van der Waals surface area contributed by atoms with Crippen molar-refractivity contribution >= 4 is 22.9 Å². The van der Waals surface area contributed by atoms with Gasteiger partial charge in [-0.2, -0.15) is 0 Å². The van der Waals surface area contributed by atoms with Crippen molar-refractivity contribution in [2.45, 2.75) is 13.2 Å². The fourth-order valence-electron chi connectivity index (χ4n) is 4.68. The van der Waals surface area contributed by atoms with E-state index in [9.17, 15) is 9.18 Å². The SMILES string of the molecule is O=C1Nc2ccc(F)cc2C1=C1OCc2cc(CN3CCN(CCOCCO)CC3)ccc21. The number of hydrogen-bond acceptors (Lipinski definition) is 6. The lowest BCUT2D eigenvalue weighted by molar-refractivity contribution is -0.110. The average molecular weight is 454 g/mol. The number of aliphatic hydroxyl groups is 1. The molecule has 0 atom stereocenters. The first-order chi connectivity index (χ1) is 16.1. The molecule has 0 aromatic heterocycles. The number of benzene rings is 2. The molecule has 3 aliphatic heterocycles. The molecular formula is C25H28FN3O4. The summed E-state index contributed by atoms with van der Waals surface area (Å²) in [6.07, 6.45) is 0. The van der Waals surface area contributed by atoms with Crippen molar-refractivity contribution < 1.29 is 23.8 Å². The van der Waals surface area contributed by atoms with E-state index in [-0.39, 0.29) is 18.3 Å². The Morgan fingerprint density at radius 3 is 2.67 bits per heavy atom. The summed E-state index contributed by atoms with van der Waals surface area (Å²) in [6.45, 7) is 7.25. The molecule has 0 radical (unpaired) electrons. The second-order valence-corrected chi connectivity index (χ2v) is 8.58. The predicted octanol–water partition coefficient (Wildman–Crippen LogP) is 2.30. The van der Waals surface area contributed by atoms with Crippen LogP contribution in [0.3, 0.4) is 0 Å². The fourth-order valence-corrected chi connectivity index (χ4v) is 4.68. The Hall–Kier alpha value is -2.78. The van der Waals surface area contributed by atoms with Gasteiger partial charge in [-0.05, 0) is 23.8 Å². The standard InChI is InChI=1S/C25H28FN3O4/c26-19-2-4-22-21(14-19)23(25(31)27-22)24-20-3-1-17(13-18(20)16-33-24)15-29-7-5-28(6-8-29)9-11-32-12-10-30/h1-4,13-14,30H,5-12,15-16H2,(H,27,31). The molecule has 33 heavy (non-hydrogen) atoms. The van der Waals surface area contributed by atoms with Gasteiger partial charge in [-0.3, -0.25) is 14.6 Å². The summed E-state index contributed by atoms with van der Waals surface area (Å²) in [5, 5.41) is 11.6. The third-order valence-corrected chi connectivity index (χ3v) is 6.40. The lowest BCUT2D eigenvalue weighted by atomic mass is 9.99. The number of fused-ring (bicyclic) bond motifs is 2. The van der Waals surface area contributed by atoms with Gasteiger partial charge in [-0.15, -0.1) is 0 Å². The Morgan fingerprint density at radius 2 is 1.85 bits per heavy atom. The van der Waals surface area contributed by atoms with Gasteiger partial charge in [-0.1, -0.05) is 18.2 Å². The van der Waals surface area contributed by atoms with Crippen LogP contribution in [0.1, 0.15) is 22.3 Å². The molecule has 2 aromatic carbocycles. The molecule has 0 bridgehead atoms. The van der Waals surface area contributed by atoms with E-state index in [2.05, 4.69) is 27.2 Å². The van der Waals surface area contributed by atoms with Crippen LogP contribution in [-0.4, -0.2) is 73.4 Å². The molecule has 7 nitrogen and oxygen atoms in total. The maximum Gasteiger partial charge on any atom is 0.260 e. The monoisotopic (exact) mass is 453 g/mol. The van der Waals surface area contributed by atoms with Crippen LogP contribution in [0.25, 0.3) is 11.3 Å². The van der Waals surface area contributed by atoms with Crippen molar-refractivity contribution in [3.63, 3.8) is 0 Å². The quantitative estimate of drug-likeness (QED) is 0.495. The fraction of sp³-hybridized carbons (Fsp3) is 0.400. The lowest BCUT2D eigenvalue weighted by Gasteiger charge is -2.34. The molecule has 5 rings (SSSR count). The van der Waals surface area contributed by atoms with Crippen LogP contribution < -0.4 is 5.32 Å². The zero-order valence-corrected chi connectivity index (χ0v) is 18.5. The first-order valence-corrected chi connectivity index (χ1v) is 11.4. The number of halogens is 1. The number of anilines is 1. The molecule has 174 valence electrons. The maximum absolute atomic E-state index is 13.8. The summed E-state index contributed by atoms with van der Waals surface area (Å²) in [5.41, 5.74) is 4.71. The number of carbonyl (C=O) groups is 1. The van der Waals surface area contributed by atoms with E-state index in [0.717, 1.165) is 50.4 Å². The van der Waals surface area contributed by atoms with E-state index in [4.69, 9.17) is 14.6 Å². The number of nitrogens with one attached hydrogen (secondary N) is 1. The van der Waals surface area contributed by atoms with Crippen molar-refractivity contribution in [2.75, 3.05) is 57.9 Å². The van der Waals surface area contributed by atoms with Gasteiger partial charge in [0.1, 0.15) is 18.2 Å². The topological polar surface area (TPSA) is 74.3 Å². The zero-order chi connectivity index (χ0) is 22.8. The molecule has 8 heteroatoms. The number of amides is 1. The molecule has 1 fully saturated rings. The smallest absolute Gasteiger partial charge is 0.260 e. The normalized spacial score (nSPS) is 20.5. The van der Waals surface area contributed by atoms with Gasteiger partial charge in [0.2, 0.25) is 0 Å². The molecule has 1 amide bonds. The Bertz CT molecular complexity index is 1080. The minimum absolute atomic E-state index is 0.0667. The van der Waals surface area contributed by atoms with Crippen molar-refractivity contribution in [3.8, 4) is 0 Å². The van der Waals surface area contributed by atoms with Crippen LogP contribution >= 0.6 is 0 Å². The predicted molar refractivity (Wildman–Crippen MR) is 123 cm³/mol. The van der Waals surface area contributed by atoms with Gasteiger partial charge in [0.15, 0.2) is 0 Å². The second-order valence-electron chi connectivity index (χ2n) is 8.58. The largest absolute Gasteiger partial charge is 0.487 e. The molecule has 0 saturated carbocycles. The molecule has 3 aliphatic rings. The van der Waals surface area contributed by atoms with Crippen molar-refractivity contribution in [1.82, 2.24) is 9.80 Å². The van der Waals surface area contributed by atoms with Gasteiger partial charge in [-0.25, -0.2) is 4.39 Å². The van der Waals surface area contributed by atoms with Gasteiger partial charge in [0, 0.05) is 61.6 Å². The highest BCUT2D eigenvalue weighted by atomic mass is 19.1. The van der Waals surface area contributed by atoms with Crippen LogP contribution in [0.5, 0.6) is 0 Å². The first-order valence-electron chi connectivity index (χ1n) is 11.4. The lowest BCUT2D eigenvalue weighted by Crippen LogP contribution is -2.46. The zero-order valence-electron chi connectivity index (χ0n) is 18.5. The molecule has 3 heterocycles. The van der Waals surface area contributed by atoms with E-state index in [1.165, 1.54) is 17.7 Å². The minimum Gasteiger partial charge on any atom is -0.487 e. The number of nitrogens with zero attached hydrogens (tertiary/aromatic N) is 2. The summed E-state index contributed by atoms with van der Waals surface area (Å²) >= 11 is 0. The van der Waals surface area contributed by atoms with Crippen LogP contribution in [0, 0.1) is 5.82 Å². The average Bonchev–Trinajstić information content (AvgIpc) is 3.36. The summed E-state index contributed by atoms with van der Waals surface area (Å²) < 4.78 is 25.1. The number of carbonyl (C=O) groups excluding carboxylic acids is 1. The van der Waals surface area contributed by atoms with Gasteiger partial charge in [0.25, 0.3) is 5.91 Å². The number of piperazine rings is 1. The van der Waals surface area contributed by atoms with E-state index in [1.807, 2.05) is 6.07 Å². The molecule has 2 N–H and O–H groups in total. The summed E-state index contributed by atoms with van der Waals surface area (Å²) in [7, 11) is 0. The van der Waals surface area contributed by atoms with Crippen molar-refractivity contribution in [3.05, 3.63) is 64.5 Å². The molecule has 0 aliphatic carbocycles. The third-order valence-electron chi connectivity index (χ3n) is 6.40. The van der Waals surface area contributed by atoms with Crippen LogP contribution in [0.2, 0.25) is 0 Å². The summed E-state index contributed by atoms with van der Waals surface area (Å²) in [5.74, 6) is -0.118. The molecule has 0 unspecified atom stereocenters. The Balaban J connectivity index is 1.25. The van der Waals surface area contributed by atoms with Crippen LogP contribution in [0.4, 0.5) is 10.1 Å². The number of rotatable bonds is 7. The maximum atomic E-state index is 13.8. The molecule has 2 aromatic rings. The van der Waals surface area contributed by atoms with Crippen molar-refractivity contribution in [2.24, 2.45) is 0 Å². The number of hydrogen-bond donors (Lipinski definition) is 2. The van der Waals surface area contributed by atoms with E-state index in [0.29, 0.717) is 42.4 Å². The third kappa shape index (κ3) is 4.65. The molecule has 1 saturated heterocycles. The summed E-state index contributed by atoms with van der Waals surface area (Å²) in [6, 6.07) is 10.5. The van der Waals surface area contributed by atoms with Gasteiger partial charge in [0.05, 0.1) is 25.4 Å². The van der Waals surface area contributed by atoms with Gasteiger partial charge < -0.3 is 19.9 Å². The Kier molecular flexibility index (Phi) is 6.41. The van der Waals surface area contributed by atoms with E-state index >= 15 is 0 Å². The van der Waals surface area contributed by atoms with Crippen molar-refractivity contribution in [1.29, 1.82) is 0 Å². The first kappa shape index (κ1) is 22.0. The number of aliphatic hydroxyl groups excluding tert-OH is 1. The van der Waals surface area contributed by atoms with Crippen LogP contribution in [-0.2, 0) is 27.4 Å². The summed E-state index contributed by atoms with van der Waals surface area (Å²) in [4.78, 5) is 17.4. The van der Waals surface area contributed by atoms with Crippen LogP contribution in [0.15, 0.2) is 36.4 Å². The number of ether oxygens (including phenoxy) is 2. The Labute approximate surface area is 192 Å². The minimum atomic E-state index is -0.380.